The summed E-state index contributed by atoms with van der Waals surface area (Å²) in [6.45, 7) is 0. The van der Waals surface area contributed by atoms with E-state index in [2.05, 4.69) is 15.8 Å². The zero-order valence-electron chi connectivity index (χ0n) is 3.71. The quantitative estimate of drug-likeness (QED) is 0.479. The highest BCUT2D eigenvalue weighted by Gasteiger charge is 2.35. The second-order valence-corrected chi connectivity index (χ2v) is 3.32. The lowest BCUT2D eigenvalue weighted by Gasteiger charge is -2.01. The Hall–Kier alpha value is 0.0500. The van der Waals surface area contributed by atoms with Crippen LogP contribution in [-0.2, 0) is 13.3 Å². The van der Waals surface area contributed by atoms with E-state index in [4.69, 9.17) is 0 Å². The van der Waals surface area contributed by atoms with E-state index in [0.29, 0.717) is 0 Å². The van der Waals surface area contributed by atoms with Gasteiger partial charge in [-0.1, -0.05) is 0 Å². The van der Waals surface area contributed by atoms with Gasteiger partial charge in [0, 0.05) is 0 Å². The normalized spacial score (nSPS) is 13.8. The van der Waals surface area contributed by atoms with Crippen molar-refractivity contribution < 1.29 is 25.8 Å². The molecule has 0 heterocycles. The van der Waals surface area contributed by atoms with Gasteiger partial charge in [0.25, 0.3) is 0 Å². The van der Waals surface area contributed by atoms with E-state index >= 15 is 0 Å². The molecule has 0 unspecified atom stereocenters. The lowest BCUT2D eigenvalue weighted by molar-refractivity contribution is -0.270. The third kappa shape index (κ3) is 8.05. The van der Waals surface area contributed by atoms with Crippen molar-refractivity contribution >= 4 is 20.8 Å². The van der Waals surface area contributed by atoms with Crippen molar-refractivity contribution in [2.24, 2.45) is 0 Å². The molecule has 0 spiro atoms. The van der Waals surface area contributed by atoms with Crippen molar-refractivity contribution in [1.29, 1.82) is 0 Å². The molecule has 0 aliphatic carbocycles. The molecule has 0 aliphatic heterocycles. The van der Waals surface area contributed by atoms with Gasteiger partial charge in [0.2, 0.25) is 0 Å². The van der Waals surface area contributed by atoms with Gasteiger partial charge in [0.1, 0.15) is 0 Å². The number of thiol groups is 1. The van der Waals surface area contributed by atoms with E-state index < -0.39 is 15.5 Å². The topological polar surface area (TPSA) is 43.4 Å². The summed E-state index contributed by atoms with van der Waals surface area (Å²) in [7, 11) is -4.71. The fourth-order valence-electron chi connectivity index (χ4n) is 0.119. The molecule has 0 saturated carbocycles. The summed E-state index contributed by atoms with van der Waals surface area (Å²) in [6.07, 6.45) is -5.18. The molecule has 0 aromatic heterocycles. The summed E-state index contributed by atoms with van der Waals surface area (Å²) in [6, 6.07) is 0. The third-order valence-electron chi connectivity index (χ3n) is 0.200. The molecular formula is CHF3O3S2. The third-order valence-corrected chi connectivity index (χ3v) is 0.823. The maximum atomic E-state index is 10.9. The predicted octanol–water partition coefficient (Wildman–Crippen LogP) is 0.697. The molecule has 3 nitrogen and oxygen atoms in total. The fourth-order valence-corrected chi connectivity index (χ4v) is 0.612. The predicted molar refractivity (Wildman–Crippen MR) is 25.0 cm³/mol. The van der Waals surface area contributed by atoms with Crippen molar-refractivity contribution in [2.75, 3.05) is 0 Å². The summed E-state index contributed by atoms with van der Waals surface area (Å²) in [5.41, 5.74) is 0. The van der Waals surface area contributed by atoms with Gasteiger partial charge >= 0.3 is 15.5 Å². The van der Waals surface area contributed by atoms with Crippen LogP contribution in [0.1, 0.15) is 0 Å². The van der Waals surface area contributed by atoms with Gasteiger partial charge in [-0.15, -0.1) is 13.2 Å². The highest BCUT2D eigenvalue weighted by Crippen LogP contribution is 2.20. The lowest BCUT2D eigenvalue weighted by Crippen LogP contribution is -2.15. The van der Waals surface area contributed by atoms with E-state index in [9.17, 15) is 21.6 Å². The fraction of sp³-hybridized carbons (Fsp3) is 1.00. The second-order valence-electron chi connectivity index (χ2n) is 0.957. The summed E-state index contributed by atoms with van der Waals surface area (Å²) in [5.74, 6) is 0. The van der Waals surface area contributed by atoms with Gasteiger partial charge in [0.05, 0.1) is 0 Å². The molecule has 0 bridgehead atoms. The largest absolute Gasteiger partial charge is 0.537 e. The molecule has 0 radical (unpaired) electrons. The average molecular weight is 182 g/mol. The van der Waals surface area contributed by atoms with Crippen LogP contribution in [0, 0.1) is 0 Å². The molecule has 0 aromatic carbocycles. The summed E-state index contributed by atoms with van der Waals surface area (Å²) in [5, 5.41) is 0. The molecule has 0 aliphatic rings. The van der Waals surface area contributed by atoms with Crippen molar-refractivity contribution in [3.8, 4) is 0 Å². The Morgan fingerprint density at radius 2 is 1.67 bits per heavy atom. The number of hydrogen-bond acceptors (Lipinski definition) is 3. The summed E-state index contributed by atoms with van der Waals surface area (Å²) < 4.78 is 54.3. The highest BCUT2D eigenvalue weighted by molar-refractivity contribution is 8.61. The summed E-state index contributed by atoms with van der Waals surface area (Å²) in [4.78, 5) is 0. The first kappa shape index (κ1) is 9.05. The Morgan fingerprint density at radius 3 is 1.67 bits per heavy atom. The standard InChI is InChI=1S/CHF3O3S2/c2-1(3,4)7-9(5,6)8/h(H,5,6,8). The molecule has 0 fully saturated rings. The first-order valence-electron chi connectivity index (χ1n) is 1.45. The minimum atomic E-state index is -5.18. The van der Waals surface area contributed by atoms with Crippen molar-refractivity contribution in [2.45, 2.75) is 6.36 Å². The lowest BCUT2D eigenvalue weighted by atomic mass is 11.4. The molecule has 0 saturated heterocycles. The number of hydrogen-bond donors (Lipinski definition) is 1. The zero-order valence-corrected chi connectivity index (χ0v) is 5.43. The monoisotopic (exact) mass is 182 g/mol. The Morgan fingerprint density at radius 1 is 1.33 bits per heavy atom. The van der Waals surface area contributed by atoms with Gasteiger partial charge in [0.15, 0.2) is 0 Å². The maximum absolute atomic E-state index is 10.9. The van der Waals surface area contributed by atoms with Crippen LogP contribution in [0.2, 0.25) is 0 Å². The first-order valence-corrected chi connectivity index (χ1v) is 3.91. The zero-order chi connectivity index (χ0) is 7.71. The minimum absolute atomic E-state index is 2.46. The molecule has 0 N–H and O–H groups in total. The molecule has 0 atom stereocenters. The molecule has 0 aromatic rings. The minimum Gasteiger partial charge on any atom is -0.187 e. The van der Waals surface area contributed by atoms with Crippen LogP contribution in [0.15, 0.2) is 0 Å². The molecule has 0 amide bonds. The maximum Gasteiger partial charge on any atom is 0.537 e. The van der Waals surface area contributed by atoms with Crippen LogP contribution in [-0.4, -0.2) is 14.8 Å². The van der Waals surface area contributed by atoms with Crippen LogP contribution < -0.4 is 0 Å². The van der Waals surface area contributed by atoms with E-state index in [0.717, 1.165) is 0 Å². The molecule has 9 heavy (non-hydrogen) atoms. The van der Waals surface area contributed by atoms with Crippen molar-refractivity contribution in [1.82, 2.24) is 0 Å². The van der Waals surface area contributed by atoms with Crippen LogP contribution in [0.3, 0.4) is 0 Å². The van der Waals surface area contributed by atoms with Gasteiger partial charge in [-0.2, -0.15) is 12.6 Å². The van der Waals surface area contributed by atoms with Crippen LogP contribution in [0.4, 0.5) is 13.2 Å². The van der Waals surface area contributed by atoms with Crippen LogP contribution in [0.5, 0.6) is 0 Å². The smallest absolute Gasteiger partial charge is 0.187 e. The average Bonchev–Trinajstić information content (AvgIpc) is 1.14. The van der Waals surface area contributed by atoms with Gasteiger partial charge < -0.3 is 0 Å². The molecule has 0 rings (SSSR count). The van der Waals surface area contributed by atoms with Crippen LogP contribution >= 0.6 is 11.7 Å². The number of alkyl halides is 3. The van der Waals surface area contributed by atoms with E-state index in [1.165, 1.54) is 0 Å². The van der Waals surface area contributed by atoms with E-state index in [1.807, 2.05) is 0 Å². The molecule has 56 valence electrons. The van der Waals surface area contributed by atoms with Crippen molar-refractivity contribution in [3.05, 3.63) is 0 Å². The Balaban J connectivity index is 4.07. The Kier molecular flexibility index (Phi) is 2.36. The van der Waals surface area contributed by atoms with Gasteiger partial charge in [-0.3, -0.25) is 0 Å². The highest BCUT2D eigenvalue weighted by atomic mass is 33.1. The van der Waals surface area contributed by atoms with Crippen LogP contribution in [0.25, 0.3) is 0 Å². The van der Waals surface area contributed by atoms with Gasteiger partial charge in [-0.05, 0) is 11.7 Å². The molecule has 8 heteroatoms. The molecular weight excluding hydrogens is 181 g/mol. The van der Waals surface area contributed by atoms with E-state index in [1.54, 1.807) is 0 Å². The summed E-state index contributed by atoms with van der Waals surface area (Å²) >= 11 is 2.48. The SMILES string of the molecule is O=S(=O)(S)OC(F)(F)F. The van der Waals surface area contributed by atoms with Gasteiger partial charge in [-0.25, -0.2) is 0 Å². The number of halogens is 3. The van der Waals surface area contributed by atoms with Crippen molar-refractivity contribution in [3.63, 3.8) is 0 Å². The Labute approximate surface area is 53.7 Å². The first-order chi connectivity index (χ1) is 3.71. The Bertz CT molecular complexity index is 178. The number of rotatable bonds is 1. The van der Waals surface area contributed by atoms with E-state index in [-0.39, 0.29) is 0 Å². The second kappa shape index (κ2) is 2.35.